The van der Waals surface area contributed by atoms with Crippen LogP contribution in [-0.4, -0.2) is 36.7 Å². The van der Waals surface area contributed by atoms with E-state index in [1.807, 2.05) is 7.11 Å². The summed E-state index contributed by atoms with van der Waals surface area (Å²) in [6, 6.07) is 1.29. The maximum absolute atomic E-state index is 5.63. The Kier molecular flexibility index (Phi) is 4.39. The third-order valence-corrected chi connectivity index (χ3v) is 3.31. The van der Waals surface area contributed by atoms with Crippen molar-refractivity contribution in [3.05, 3.63) is 0 Å². The van der Waals surface area contributed by atoms with Crippen LogP contribution in [0, 0.1) is 5.92 Å². The van der Waals surface area contributed by atoms with Crippen LogP contribution in [0.15, 0.2) is 0 Å². The molecule has 0 amide bonds. The van der Waals surface area contributed by atoms with Gasteiger partial charge >= 0.3 is 0 Å². The van der Waals surface area contributed by atoms with Gasteiger partial charge in [-0.3, -0.25) is 4.90 Å². The molecule has 0 aromatic rings. The summed E-state index contributed by atoms with van der Waals surface area (Å²) in [5.41, 5.74) is 0. The molecule has 2 atom stereocenters. The fourth-order valence-corrected chi connectivity index (χ4v) is 2.68. The zero-order valence-electron chi connectivity index (χ0n) is 10.3. The molecule has 0 aromatic carbocycles. The Morgan fingerprint density at radius 3 is 2.29 bits per heavy atom. The second-order valence-corrected chi connectivity index (χ2v) is 4.99. The molecule has 0 spiro atoms. The maximum atomic E-state index is 5.63. The summed E-state index contributed by atoms with van der Waals surface area (Å²) in [6.45, 7) is 10.3. The van der Waals surface area contributed by atoms with Crippen molar-refractivity contribution < 1.29 is 4.74 Å². The van der Waals surface area contributed by atoms with Crippen LogP contribution in [0.25, 0.3) is 0 Å². The van der Waals surface area contributed by atoms with Gasteiger partial charge in [0, 0.05) is 19.2 Å². The molecule has 2 heteroatoms. The lowest BCUT2D eigenvalue weighted by atomic mass is 9.97. The molecule has 0 bridgehead atoms. The Bertz CT molecular complexity index is 168. The molecule has 1 heterocycles. The summed E-state index contributed by atoms with van der Waals surface area (Å²) in [7, 11) is 1.85. The Morgan fingerprint density at radius 1 is 1.21 bits per heavy atom. The van der Waals surface area contributed by atoms with E-state index in [-0.39, 0.29) is 0 Å². The Morgan fingerprint density at radius 2 is 1.86 bits per heavy atom. The summed E-state index contributed by atoms with van der Waals surface area (Å²) in [6.07, 6.45) is 3.03. The molecule has 0 aromatic heterocycles. The first-order chi connectivity index (χ1) is 6.57. The molecule has 2 unspecified atom stereocenters. The van der Waals surface area contributed by atoms with Crippen LogP contribution in [0.4, 0.5) is 0 Å². The van der Waals surface area contributed by atoms with Crippen LogP contribution >= 0.6 is 0 Å². The zero-order chi connectivity index (χ0) is 10.7. The highest BCUT2D eigenvalue weighted by Crippen LogP contribution is 2.27. The molecule has 1 rings (SSSR count). The predicted molar refractivity (Wildman–Crippen MR) is 60.5 cm³/mol. The standard InChI is InChI=1S/C12H25NO/c1-9(2)12(14-5)11-7-6-8-13(11)10(3)4/h9-12H,6-8H2,1-5H3. The van der Waals surface area contributed by atoms with Gasteiger partial charge in [0.25, 0.3) is 0 Å². The Hall–Kier alpha value is -0.0800. The summed E-state index contributed by atoms with van der Waals surface area (Å²) in [5, 5.41) is 0. The maximum Gasteiger partial charge on any atom is 0.0749 e. The minimum absolute atomic E-state index is 0.403. The Labute approximate surface area is 88.6 Å². The number of hydrogen-bond acceptors (Lipinski definition) is 2. The number of ether oxygens (including phenoxy) is 1. The van der Waals surface area contributed by atoms with Crippen LogP contribution in [0.1, 0.15) is 40.5 Å². The molecule has 2 nitrogen and oxygen atoms in total. The second kappa shape index (κ2) is 5.13. The van der Waals surface area contributed by atoms with Gasteiger partial charge in [0.15, 0.2) is 0 Å². The van der Waals surface area contributed by atoms with E-state index in [1.54, 1.807) is 0 Å². The number of rotatable bonds is 4. The smallest absolute Gasteiger partial charge is 0.0749 e. The Balaban J connectivity index is 2.64. The summed E-state index contributed by atoms with van der Waals surface area (Å²) in [5.74, 6) is 0.615. The average Bonchev–Trinajstić information content (AvgIpc) is 2.53. The van der Waals surface area contributed by atoms with Crippen LogP contribution in [0.2, 0.25) is 0 Å². The van der Waals surface area contributed by atoms with E-state index in [0.717, 1.165) is 0 Å². The van der Waals surface area contributed by atoms with Crippen molar-refractivity contribution in [3.8, 4) is 0 Å². The van der Waals surface area contributed by atoms with Gasteiger partial charge < -0.3 is 4.74 Å². The van der Waals surface area contributed by atoms with Gasteiger partial charge in [-0.2, -0.15) is 0 Å². The van der Waals surface area contributed by atoms with Gasteiger partial charge in [-0.15, -0.1) is 0 Å². The van der Waals surface area contributed by atoms with Crippen LogP contribution in [0.3, 0.4) is 0 Å². The monoisotopic (exact) mass is 199 g/mol. The third-order valence-electron chi connectivity index (χ3n) is 3.31. The summed E-state index contributed by atoms with van der Waals surface area (Å²) < 4.78 is 5.63. The normalized spacial score (nSPS) is 26.4. The van der Waals surface area contributed by atoms with Crippen LogP contribution < -0.4 is 0 Å². The fraction of sp³-hybridized carbons (Fsp3) is 1.00. The minimum Gasteiger partial charge on any atom is -0.380 e. The first kappa shape index (κ1) is 12.0. The molecule has 1 saturated heterocycles. The molecule has 84 valence electrons. The van der Waals surface area contributed by atoms with Crippen molar-refractivity contribution in [1.82, 2.24) is 4.90 Å². The second-order valence-electron chi connectivity index (χ2n) is 4.99. The van der Waals surface area contributed by atoms with E-state index in [4.69, 9.17) is 4.74 Å². The summed E-state index contributed by atoms with van der Waals surface area (Å²) >= 11 is 0. The first-order valence-corrected chi connectivity index (χ1v) is 5.86. The van der Waals surface area contributed by atoms with Crippen molar-refractivity contribution in [2.75, 3.05) is 13.7 Å². The molecular formula is C12H25NO. The van der Waals surface area contributed by atoms with Crippen molar-refractivity contribution in [1.29, 1.82) is 0 Å². The molecule has 1 fully saturated rings. The van der Waals surface area contributed by atoms with E-state index in [2.05, 4.69) is 32.6 Å². The van der Waals surface area contributed by atoms with Gasteiger partial charge in [-0.05, 0) is 39.2 Å². The molecule has 0 radical (unpaired) electrons. The highest BCUT2D eigenvalue weighted by atomic mass is 16.5. The average molecular weight is 199 g/mol. The SMILES string of the molecule is COC(C(C)C)C1CCCN1C(C)C. The highest BCUT2D eigenvalue weighted by molar-refractivity contribution is 4.88. The topological polar surface area (TPSA) is 12.5 Å². The lowest BCUT2D eigenvalue weighted by molar-refractivity contribution is -0.00720. The van der Waals surface area contributed by atoms with Crippen molar-refractivity contribution >= 4 is 0 Å². The summed E-state index contributed by atoms with van der Waals surface area (Å²) in [4.78, 5) is 2.59. The van der Waals surface area contributed by atoms with Gasteiger partial charge in [0.2, 0.25) is 0 Å². The quantitative estimate of drug-likeness (QED) is 0.690. The lowest BCUT2D eigenvalue weighted by Crippen LogP contribution is -2.45. The van der Waals surface area contributed by atoms with Gasteiger partial charge in [-0.25, -0.2) is 0 Å². The molecule has 0 aliphatic carbocycles. The molecule has 1 aliphatic heterocycles. The number of hydrogen-bond donors (Lipinski definition) is 0. The van der Waals surface area contributed by atoms with Crippen molar-refractivity contribution in [3.63, 3.8) is 0 Å². The predicted octanol–water partition coefficient (Wildman–Crippen LogP) is 2.53. The van der Waals surface area contributed by atoms with E-state index < -0.39 is 0 Å². The molecule has 1 aliphatic rings. The first-order valence-electron chi connectivity index (χ1n) is 5.86. The highest BCUT2D eigenvalue weighted by Gasteiger charge is 2.34. The fourth-order valence-electron chi connectivity index (χ4n) is 2.68. The van der Waals surface area contributed by atoms with Crippen molar-refractivity contribution in [2.45, 2.75) is 58.7 Å². The lowest BCUT2D eigenvalue weighted by Gasteiger charge is -2.35. The van der Waals surface area contributed by atoms with Crippen molar-refractivity contribution in [2.24, 2.45) is 5.92 Å². The largest absolute Gasteiger partial charge is 0.380 e. The third kappa shape index (κ3) is 2.48. The molecule has 0 N–H and O–H groups in total. The molecular weight excluding hydrogens is 174 g/mol. The number of methoxy groups -OCH3 is 1. The molecule has 14 heavy (non-hydrogen) atoms. The van der Waals surface area contributed by atoms with Crippen LogP contribution in [-0.2, 0) is 4.74 Å². The van der Waals surface area contributed by atoms with Gasteiger partial charge in [-0.1, -0.05) is 13.8 Å². The minimum atomic E-state index is 0.403. The van der Waals surface area contributed by atoms with E-state index >= 15 is 0 Å². The van der Waals surface area contributed by atoms with Gasteiger partial charge in [0.1, 0.15) is 0 Å². The van der Waals surface area contributed by atoms with E-state index in [0.29, 0.717) is 24.1 Å². The van der Waals surface area contributed by atoms with Crippen LogP contribution in [0.5, 0.6) is 0 Å². The zero-order valence-corrected chi connectivity index (χ0v) is 10.3. The molecule has 0 saturated carbocycles. The number of likely N-dealkylation sites (tertiary alicyclic amines) is 1. The van der Waals surface area contributed by atoms with E-state index in [1.165, 1.54) is 19.4 Å². The van der Waals surface area contributed by atoms with Gasteiger partial charge in [0.05, 0.1) is 6.10 Å². The van der Waals surface area contributed by atoms with E-state index in [9.17, 15) is 0 Å². The number of nitrogens with zero attached hydrogens (tertiary/aromatic N) is 1.